The molecule has 1 heterocycles. The van der Waals surface area contributed by atoms with Crippen molar-refractivity contribution >= 4 is 0 Å². The molecule has 1 aliphatic carbocycles. The summed E-state index contributed by atoms with van der Waals surface area (Å²) in [5, 5.41) is 13.6. The van der Waals surface area contributed by atoms with E-state index in [4.69, 9.17) is 5.11 Å². The van der Waals surface area contributed by atoms with Crippen LogP contribution in [0.3, 0.4) is 0 Å². The van der Waals surface area contributed by atoms with Gasteiger partial charge in [-0.15, -0.1) is 0 Å². The van der Waals surface area contributed by atoms with Crippen molar-refractivity contribution in [1.82, 2.24) is 14.8 Å². The first-order chi connectivity index (χ1) is 10.8. The van der Waals surface area contributed by atoms with Crippen LogP contribution in [0.2, 0.25) is 0 Å². The van der Waals surface area contributed by atoms with Crippen LogP contribution in [0.15, 0.2) is 36.4 Å². The van der Waals surface area contributed by atoms with E-state index in [1.165, 1.54) is 12.1 Å². The molecule has 0 saturated carbocycles. The van der Waals surface area contributed by atoms with E-state index in [1.54, 1.807) is 12.1 Å². The molecule has 1 N–H and O–H groups in total. The second kappa shape index (κ2) is 6.83. The highest BCUT2D eigenvalue weighted by Crippen LogP contribution is 2.23. The van der Waals surface area contributed by atoms with Gasteiger partial charge in [-0.05, 0) is 49.4 Å². The van der Waals surface area contributed by atoms with E-state index in [9.17, 15) is 4.39 Å². The zero-order valence-corrected chi connectivity index (χ0v) is 12.5. The highest BCUT2D eigenvalue weighted by molar-refractivity contribution is 5.54. The highest BCUT2D eigenvalue weighted by atomic mass is 19.1. The molecule has 5 heteroatoms. The number of benzene rings is 1. The number of rotatable bonds is 6. The third-order valence-electron chi connectivity index (χ3n) is 3.94. The zero-order valence-electron chi connectivity index (χ0n) is 12.5. The SMILES string of the molecule is OCCCn1nc(-c2ccc(F)cc2)nc1C[C@H]1C=CCC1. The fourth-order valence-corrected chi connectivity index (χ4v) is 2.75. The molecule has 1 atom stereocenters. The Bertz CT molecular complexity index is 648. The molecule has 2 aromatic rings. The van der Waals surface area contributed by atoms with E-state index in [2.05, 4.69) is 22.2 Å². The molecule has 22 heavy (non-hydrogen) atoms. The molecule has 0 amide bonds. The Balaban J connectivity index is 1.85. The van der Waals surface area contributed by atoms with E-state index >= 15 is 0 Å². The number of hydrogen-bond acceptors (Lipinski definition) is 3. The monoisotopic (exact) mass is 301 g/mol. The molecule has 0 bridgehead atoms. The van der Waals surface area contributed by atoms with Crippen molar-refractivity contribution in [2.75, 3.05) is 6.61 Å². The smallest absolute Gasteiger partial charge is 0.181 e. The van der Waals surface area contributed by atoms with Crippen LogP contribution in [-0.2, 0) is 13.0 Å². The van der Waals surface area contributed by atoms with Crippen LogP contribution in [0, 0.1) is 11.7 Å². The van der Waals surface area contributed by atoms with E-state index in [0.29, 0.717) is 24.7 Å². The summed E-state index contributed by atoms with van der Waals surface area (Å²) in [4.78, 5) is 4.64. The number of aliphatic hydroxyl groups is 1. The largest absolute Gasteiger partial charge is 0.396 e. The fraction of sp³-hybridized carbons (Fsp3) is 0.412. The van der Waals surface area contributed by atoms with Gasteiger partial charge in [-0.1, -0.05) is 12.2 Å². The molecule has 1 aromatic heterocycles. The minimum Gasteiger partial charge on any atom is -0.396 e. The summed E-state index contributed by atoms with van der Waals surface area (Å²) in [6.07, 6.45) is 8.23. The van der Waals surface area contributed by atoms with Gasteiger partial charge < -0.3 is 5.11 Å². The second-order valence-electron chi connectivity index (χ2n) is 5.63. The predicted molar refractivity (Wildman–Crippen MR) is 82.7 cm³/mol. The van der Waals surface area contributed by atoms with Crippen LogP contribution in [0.5, 0.6) is 0 Å². The summed E-state index contributed by atoms with van der Waals surface area (Å²) in [5.41, 5.74) is 0.812. The standard InChI is InChI=1S/C17H20FN3O/c18-15-8-6-14(7-9-15)17-19-16(12-13-4-1-2-5-13)21(20-17)10-3-11-22/h1,4,6-9,13,22H,2-3,5,10-12H2/t13-/m0/s1. The normalized spacial score (nSPS) is 17.3. The third-order valence-corrected chi connectivity index (χ3v) is 3.94. The van der Waals surface area contributed by atoms with Gasteiger partial charge in [-0.2, -0.15) is 5.10 Å². The molecule has 1 aliphatic rings. The summed E-state index contributed by atoms with van der Waals surface area (Å²) in [6, 6.07) is 6.23. The Morgan fingerprint density at radius 1 is 1.27 bits per heavy atom. The molecular weight excluding hydrogens is 281 g/mol. The Morgan fingerprint density at radius 3 is 2.77 bits per heavy atom. The molecule has 0 aliphatic heterocycles. The van der Waals surface area contributed by atoms with Gasteiger partial charge >= 0.3 is 0 Å². The lowest BCUT2D eigenvalue weighted by molar-refractivity contribution is 0.275. The van der Waals surface area contributed by atoms with Gasteiger partial charge in [0.25, 0.3) is 0 Å². The second-order valence-corrected chi connectivity index (χ2v) is 5.63. The lowest BCUT2D eigenvalue weighted by Gasteiger charge is -2.08. The van der Waals surface area contributed by atoms with Gasteiger partial charge in [0.1, 0.15) is 11.6 Å². The van der Waals surface area contributed by atoms with Crippen molar-refractivity contribution in [3.8, 4) is 11.4 Å². The Morgan fingerprint density at radius 2 is 2.09 bits per heavy atom. The van der Waals surface area contributed by atoms with Crippen molar-refractivity contribution in [3.05, 3.63) is 48.1 Å². The minimum atomic E-state index is -0.264. The number of aromatic nitrogens is 3. The average Bonchev–Trinajstić information content (AvgIpc) is 3.16. The maximum Gasteiger partial charge on any atom is 0.181 e. The summed E-state index contributed by atoms with van der Waals surface area (Å²) in [7, 11) is 0. The molecule has 1 aromatic carbocycles. The van der Waals surface area contributed by atoms with Crippen LogP contribution in [0.4, 0.5) is 4.39 Å². The molecule has 0 spiro atoms. The van der Waals surface area contributed by atoms with Gasteiger partial charge in [0, 0.05) is 25.1 Å². The molecule has 0 fully saturated rings. The molecule has 3 rings (SSSR count). The van der Waals surface area contributed by atoms with Crippen LogP contribution in [0.1, 0.15) is 25.1 Å². The van der Waals surface area contributed by atoms with Crippen LogP contribution >= 0.6 is 0 Å². The summed E-state index contributed by atoms with van der Waals surface area (Å²) in [6.45, 7) is 0.783. The Kier molecular flexibility index (Phi) is 4.63. The minimum absolute atomic E-state index is 0.133. The lowest BCUT2D eigenvalue weighted by Crippen LogP contribution is -2.10. The van der Waals surface area contributed by atoms with Gasteiger partial charge in [-0.3, -0.25) is 0 Å². The highest BCUT2D eigenvalue weighted by Gasteiger charge is 2.17. The zero-order chi connectivity index (χ0) is 15.4. The van der Waals surface area contributed by atoms with Gasteiger partial charge in [-0.25, -0.2) is 14.1 Å². The molecule has 0 radical (unpaired) electrons. The van der Waals surface area contributed by atoms with Crippen molar-refractivity contribution in [2.24, 2.45) is 5.92 Å². The molecular formula is C17H20FN3O. The van der Waals surface area contributed by atoms with E-state index in [0.717, 1.165) is 30.7 Å². The number of halogens is 1. The van der Waals surface area contributed by atoms with E-state index < -0.39 is 0 Å². The van der Waals surface area contributed by atoms with Gasteiger partial charge in [0.2, 0.25) is 0 Å². The number of nitrogens with zero attached hydrogens (tertiary/aromatic N) is 3. The molecule has 0 saturated heterocycles. The van der Waals surface area contributed by atoms with Gasteiger partial charge in [0.15, 0.2) is 5.82 Å². The van der Waals surface area contributed by atoms with Crippen molar-refractivity contribution in [3.63, 3.8) is 0 Å². The summed E-state index contributed by atoms with van der Waals surface area (Å²) >= 11 is 0. The summed E-state index contributed by atoms with van der Waals surface area (Å²) < 4.78 is 14.9. The van der Waals surface area contributed by atoms with Crippen molar-refractivity contribution in [2.45, 2.75) is 32.2 Å². The molecule has 0 unspecified atom stereocenters. The first-order valence-electron chi connectivity index (χ1n) is 7.73. The van der Waals surface area contributed by atoms with Crippen LogP contribution in [0.25, 0.3) is 11.4 Å². The van der Waals surface area contributed by atoms with Crippen LogP contribution in [-0.4, -0.2) is 26.5 Å². The number of hydrogen-bond donors (Lipinski definition) is 1. The topological polar surface area (TPSA) is 50.9 Å². The first-order valence-corrected chi connectivity index (χ1v) is 7.73. The lowest BCUT2D eigenvalue weighted by atomic mass is 10.1. The van der Waals surface area contributed by atoms with Gasteiger partial charge in [0.05, 0.1) is 0 Å². The Hall–Kier alpha value is -2.01. The first kappa shape index (κ1) is 14.9. The van der Waals surface area contributed by atoms with Crippen molar-refractivity contribution in [1.29, 1.82) is 0 Å². The number of allylic oxidation sites excluding steroid dienone is 2. The van der Waals surface area contributed by atoms with Crippen molar-refractivity contribution < 1.29 is 9.50 Å². The average molecular weight is 301 g/mol. The summed E-state index contributed by atoms with van der Waals surface area (Å²) in [5.74, 6) is 1.80. The maximum atomic E-state index is 13.0. The fourth-order valence-electron chi connectivity index (χ4n) is 2.75. The predicted octanol–water partition coefficient (Wildman–Crippen LogP) is 2.98. The van der Waals surface area contributed by atoms with Crippen LogP contribution < -0.4 is 0 Å². The molecule has 116 valence electrons. The Labute approximate surface area is 129 Å². The third kappa shape index (κ3) is 3.42. The van der Waals surface area contributed by atoms with E-state index in [-0.39, 0.29) is 12.4 Å². The number of aryl methyl sites for hydroxylation is 1. The number of aliphatic hydroxyl groups excluding tert-OH is 1. The maximum absolute atomic E-state index is 13.0. The van der Waals surface area contributed by atoms with E-state index in [1.807, 2.05) is 4.68 Å². The molecule has 4 nitrogen and oxygen atoms in total. The quantitative estimate of drug-likeness (QED) is 0.835.